The highest BCUT2D eigenvalue weighted by atomic mass is 79.9. The van der Waals surface area contributed by atoms with Gasteiger partial charge in [0.15, 0.2) is 5.78 Å². The molecule has 0 bridgehead atoms. The van der Waals surface area contributed by atoms with Crippen molar-refractivity contribution in [1.29, 1.82) is 0 Å². The summed E-state index contributed by atoms with van der Waals surface area (Å²) in [5.41, 5.74) is 0.567. The molecule has 0 unspecified atom stereocenters. The lowest BCUT2D eigenvalue weighted by Gasteiger charge is -2.23. The average Bonchev–Trinajstić information content (AvgIpc) is 2.54. The maximum absolute atomic E-state index is 12.5. The van der Waals surface area contributed by atoms with Gasteiger partial charge in [-0.1, -0.05) is 54.2 Å². The third-order valence-electron chi connectivity index (χ3n) is 3.68. The Balaban J connectivity index is 2.64. The summed E-state index contributed by atoms with van der Waals surface area (Å²) >= 11 is 9.21. The van der Waals surface area contributed by atoms with Gasteiger partial charge in [-0.25, -0.2) is 0 Å². The summed E-state index contributed by atoms with van der Waals surface area (Å²) in [6.07, 6.45) is 4.28. The van der Waals surface area contributed by atoms with Crippen molar-refractivity contribution < 1.29 is 9.59 Å². The number of hydrogen-bond donors (Lipinski definition) is 0. The maximum Gasteiger partial charge on any atom is 0.224 e. The minimum Gasteiger partial charge on any atom is -0.343 e. The van der Waals surface area contributed by atoms with Crippen LogP contribution >= 0.6 is 27.5 Å². The number of Topliss-reactive ketones (excluding diaryl/α,β-unsaturated/α-hetero) is 1. The van der Waals surface area contributed by atoms with Gasteiger partial charge in [-0.15, -0.1) is 0 Å². The number of rotatable bonds is 10. The number of carbonyl (C=O) groups is 2. The van der Waals surface area contributed by atoms with E-state index in [9.17, 15) is 9.59 Å². The molecule has 0 aliphatic rings. The molecule has 0 spiro atoms. The van der Waals surface area contributed by atoms with E-state index in [0.717, 1.165) is 38.8 Å². The topological polar surface area (TPSA) is 37.4 Å². The quantitative estimate of drug-likeness (QED) is 0.403. The zero-order valence-electron chi connectivity index (χ0n) is 13.9. The molecule has 3 nitrogen and oxygen atoms in total. The Morgan fingerprint density at radius 1 is 1.09 bits per heavy atom. The molecule has 0 aliphatic heterocycles. The minimum absolute atomic E-state index is 0.0380. The van der Waals surface area contributed by atoms with Crippen molar-refractivity contribution in [3.05, 3.63) is 34.9 Å². The number of carbonyl (C=O) groups excluding carboxylic acids is 2. The van der Waals surface area contributed by atoms with Crippen molar-refractivity contribution in [2.45, 2.75) is 50.8 Å². The van der Waals surface area contributed by atoms with Gasteiger partial charge in [0.1, 0.15) is 0 Å². The fraction of sp³-hybridized carbons (Fsp3) is 0.556. The number of unbranched alkanes of at least 4 members (excludes halogenated alkanes) is 2. The lowest BCUT2D eigenvalue weighted by atomic mass is 10.1. The summed E-state index contributed by atoms with van der Waals surface area (Å²) in [6, 6.07) is 6.75. The van der Waals surface area contributed by atoms with Crippen molar-refractivity contribution in [3.8, 4) is 0 Å². The van der Waals surface area contributed by atoms with Crippen LogP contribution in [0.2, 0.25) is 5.02 Å². The molecular weight excluding hydrogens is 378 g/mol. The third kappa shape index (κ3) is 7.05. The van der Waals surface area contributed by atoms with E-state index in [-0.39, 0.29) is 18.1 Å². The van der Waals surface area contributed by atoms with Crippen LogP contribution in [0, 0.1) is 0 Å². The summed E-state index contributed by atoms with van der Waals surface area (Å²) in [5.74, 6) is -0.0444. The molecule has 0 N–H and O–H groups in total. The van der Waals surface area contributed by atoms with Crippen LogP contribution in [0.4, 0.5) is 0 Å². The van der Waals surface area contributed by atoms with Gasteiger partial charge < -0.3 is 4.90 Å². The van der Waals surface area contributed by atoms with Gasteiger partial charge in [-0.2, -0.15) is 0 Å². The first-order chi connectivity index (χ1) is 11.0. The zero-order chi connectivity index (χ0) is 17.2. The summed E-state index contributed by atoms with van der Waals surface area (Å²) in [4.78, 5) is 26.2. The van der Waals surface area contributed by atoms with Crippen LogP contribution in [0.25, 0.3) is 0 Å². The minimum atomic E-state index is -0.498. The summed E-state index contributed by atoms with van der Waals surface area (Å²) in [7, 11) is 0. The first-order valence-electron chi connectivity index (χ1n) is 8.21. The molecule has 0 saturated carbocycles. The first-order valence-corrected chi connectivity index (χ1v) is 9.50. The number of amides is 1. The van der Waals surface area contributed by atoms with Crippen LogP contribution < -0.4 is 0 Å². The van der Waals surface area contributed by atoms with E-state index >= 15 is 0 Å². The molecule has 5 heteroatoms. The Bertz CT molecular complexity index is 496. The molecule has 0 aliphatic carbocycles. The molecule has 1 atom stereocenters. The molecular formula is C18H25BrClNO2. The second-order valence-electron chi connectivity index (χ2n) is 5.63. The lowest BCUT2D eigenvalue weighted by molar-refractivity contribution is -0.131. The molecule has 1 aromatic rings. The molecule has 0 aromatic heterocycles. The first kappa shape index (κ1) is 20.2. The van der Waals surface area contributed by atoms with Crippen LogP contribution in [0.3, 0.4) is 0 Å². The monoisotopic (exact) mass is 401 g/mol. The van der Waals surface area contributed by atoms with Crippen molar-refractivity contribution in [2.75, 3.05) is 13.1 Å². The summed E-state index contributed by atoms with van der Waals surface area (Å²) < 4.78 is 0. The van der Waals surface area contributed by atoms with E-state index in [4.69, 9.17) is 11.6 Å². The Morgan fingerprint density at radius 3 is 2.09 bits per heavy atom. The highest BCUT2D eigenvalue weighted by Gasteiger charge is 2.23. The fourth-order valence-electron chi connectivity index (χ4n) is 2.23. The molecule has 0 radical (unpaired) electrons. The van der Waals surface area contributed by atoms with Crippen LogP contribution in [0.15, 0.2) is 24.3 Å². The van der Waals surface area contributed by atoms with Crippen LogP contribution in [0.5, 0.6) is 0 Å². The molecule has 23 heavy (non-hydrogen) atoms. The predicted molar refractivity (Wildman–Crippen MR) is 99.5 cm³/mol. The van der Waals surface area contributed by atoms with Crippen molar-refractivity contribution >= 4 is 39.2 Å². The van der Waals surface area contributed by atoms with Gasteiger partial charge in [-0.05, 0) is 37.1 Å². The smallest absolute Gasteiger partial charge is 0.224 e. The fourth-order valence-corrected chi connectivity index (χ4v) is 2.90. The van der Waals surface area contributed by atoms with Gasteiger partial charge in [0.25, 0.3) is 0 Å². The van der Waals surface area contributed by atoms with E-state index in [1.807, 2.05) is 4.90 Å². The van der Waals surface area contributed by atoms with Crippen LogP contribution in [-0.4, -0.2) is 34.5 Å². The van der Waals surface area contributed by atoms with E-state index in [0.29, 0.717) is 10.6 Å². The third-order valence-corrected chi connectivity index (χ3v) is 4.67. The van der Waals surface area contributed by atoms with Gasteiger partial charge in [0.2, 0.25) is 5.91 Å². The van der Waals surface area contributed by atoms with Crippen LogP contribution in [-0.2, 0) is 4.79 Å². The Hall–Kier alpha value is -0.870. The summed E-state index contributed by atoms with van der Waals surface area (Å²) in [5, 5.41) is 0.592. The number of halogens is 2. The molecule has 1 amide bonds. The standard InChI is InChI=1S/C18H25BrClNO2/c1-3-5-11-21(12-6-4-2)17(22)13-16(19)18(23)14-7-9-15(20)10-8-14/h7-10,16H,3-6,11-13H2,1-2H3/t16-/m0/s1. The SMILES string of the molecule is CCCCN(CCCC)C(=O)C[C@H](Br)C(=O)c1ccc(Cl)cc1. The van der Waals surface area contributed by atoms with E-state index in [2.05, 4.69) is 29.8 Å². The number of ketones is 1. The Morgan fingerprint density at radius 2 is 1.61 bits per heavy atom. The molecule has 0 fully saturated rings. The highest BCUT2D eigenvalue weighted by molar-refractivity contribution is 9.10. The van der Waals surface area contributed by atoms with Crippen molar-refractivity contribution in [3.63, 3.8) is 0 Å². The Labute approximate surface area is 152 Å². The van der Waals surface area contributed by atoms with Crippen molar-refractivity contribution in [1.82, 2.24) is 4.90 Å². The number of benzene rings is 1. The van der Waals surface area contributed by atoms with Gasteiger partial charge >= 0.3 is 0 Å². The van der Waals surface area contributed by atoms with E-state index in [1.165, 1.54) is 0 Å². The average molecular weight is 403 g/mol. The van der Waals surface area contributed by atoms with E-state index < -0.39 is 4.83 Å². The second-order valence-corrected chi connectivity index (χ2v) is 7.17. The predicted octanol–water partition coefficient (Wildman–Crippen LogP) is 5.11. The number of alkyl halides is 1. The summed E-state index contributed by atoms with van der Waals surface area (Å²) in [6.45, 7) is 5.76. The van der Waals surface area contributed by atoms with Crippen molar-refractivity contribution in [2.24, 2.45) is 0 Å². The van der Waals surface area contributed by atoms with Crippen LogP contribution in [0.1, 0.15) is 56.3 Å². The highest BCUT2D eigenvalue weighted by Crippen LogP contribution is 2.18. The number of nitrogens with zero attached hydrogens (tertiary/aromatic N) is 1. The Kier molecular flexibility index (Phi) is 9.49. The zero-order valence-corrected chi connectivity index (χ0v) is 16.2. The molecule has 0 saturated heterocycles. The number of hydrogen-bond acceptors (Lipinski definition) is 2. The molecule has 1 rings (SSSR count). The molecule has 1 aromatic carbocycles. The van der Waals surface area contributed by atoms with E-state index in [1.54, 1.807) is 24.3 Å². The normalized spacial score (nSPS) is 12.0. The lowest BCUT2D eigenvalue weighted by Crippen LogP contribution is -2.35. The molecule has 128 valence electrons. The molecule has 0 heterocycles. The largest absolute Gasteiger partial charge is 0.343 e. The maximum atomic E-state index is 12.5. The van der Waals surface area contributed by atoms with Gasteiger partial charge in [0, 0.05) is 30.1 Å². The van der Waals surface area contributed by atoms with Gasteiger partial charge in [0.05, 0.1) is 4.83 Å². The second kappa shape index (κ2) is 10.8. The van der Waals surface area contributed by atoms with Gasteiger partial charge in [-0.3, -0.25) is 9.59 Å².